The van der Waals surface area contributed by atoms with Crippen LogP contribution in [0.25, 0.3) is 11.3 Å². The number of nitrogens with zero attached hydrogens (tertiary/aromatic N) is 3. The number of carbonyl (C=O) groups excluding carboxylic acids is 2. The molecule has 2 atom stereocenters. The van der Waals surface area contributed by atoms with E-state index < -0.39 is 0 Å². The minimum absolute atomic E-state index is 0.0943. The van der Waals surface area contributed by atoms with Gasteiger partial charge in [-0.25, -0.2) is 4.68 Å². The predicted molar refractivity (Wildman–Crippen MR) is 143 cm³/mol. The van der Waals surface area contributed by atoms with Crippen LogP contribution in [0.15, 0.2) is 66.7 Å². The van der Waals surface area contributed by atoms with E-state index in [2.05, 4.69) is 40.6 Å². The van der Waals surface area contributed by atoms with E-state index in [9.17, 15) is 0 Å². The molecule has 0 saturated heterocycles. The van der Waals surface area contributed by atoms with E-state index in [1.165, 1.54) is 11.1 Å². The number of ether oxygens (including phenoxy) is 1. The Labute approximate surface area is 230 Å². The predicted octanol–water partition coefficient (Wildman–Crippen LogP) is 7.75. The van der Waals surface area contributed by atoms with Gasteiger partial charge in [0.25, 0.3) is 0 Å². The molecule has 1 heterocycles. The van der Waals surface area contributed by atoms with Crippen LogP contribution >= 0.6 is 34.8 Å². The van der Waals surface area contributed by atoms with E-state index in [1.54, 1.807) is 12.1 Å². The van der Waals surface area contributed by atoms with Gasteiger partial charge in [-0.2, -0.15) is 9.59 Å². The molecule has 0 radical (unpaired) electrons. The lowest BCUT2D eigenvalue weighted by Gasteiger charge is -2.14. The zero-order chi connectivity index (χ0) is 26.5. The molecule has 5 rings (SSSR count). The first kappa shape index (κ1) is 26.9. The van der Waals surface area contributed by atoms with Crippen LogP contribution < -0.4 is 4.74 Å². The van der Waals surface area contributed by atoms with Gasteiger partial charge < -0.3 is 4.74 Å². The standard InChI is InChI=1S/C27H24Cl3N3O.CO2/c1-16(2)33-25(27(31-32-33)26-22(28)9-6-10-23(26)29)15-34-18-11-12-19(24(30)13-18)21-14-20(21)17-7-4-3-5-8-17;2-1-3/h3-13,16,20-21H,14-15H2,1-2H3;. The van der Waals surface area contributed by atoms with Crippen LogP contribution in [0.1, 0.15) is 55.0 Å². The molecule has 9 heteroatoms. The van der Waals surface area contributed by atoms with Crippen LogP contribution in [0.5, 0.6) is 5.75 Å². The lowest BCUT2D eigenvalue weighted by molar-refractivity contribution is -0.191. The third-order valence-corrected chi connectivity index (χ3v) is 7.20. The third kappa shape index (κ3) is 6.06. The van der Waals surface area contributed by atoms with Gasteiger partial charge in [0.05, 0.1) is 10.0 Å². The van der Waals surface area contributed by atoms with Gasteiger partial charge >= 0.3 is 6.15 Å². The van der Waals surface area contributed by atoms with E-state index in [0.29, 0.717) is 38.9 Å². The summed E-state index contributed by atoms with van der Waals surface area (Å²) in [6.45, 7) is 4.34. The van der Waals surface area contributed by atoms with E-state index in [1.807, 2.05) is 42.8 Å². The zero-order valence-corrected chi connectivity index (χ0v) is 22.5. The Hall–Kier alpha value is -3.15. The first-order chi connectivity index (χ1) is 17.8. The maximum absolute atomic E-state index is 8.12. The molecule has 6 nitrogen and oxygen atoms in total. The van der Waals surface area contributed by atoms with E-state index in [-0.39, 0.29) is 18.8 Å². The quantitative estimate of drug-likeness (QED) is 0.233. The fourth-order valence-corrected chi connectivity index (χ4v) is 5.33. The molecule has 1 saturated carbocycles. The summed E-state index contributed by atoms with van der Waals surface area (Å²) in [7, 11) is 0. The first-order valence-electron chi connectivity index (χ1n) is 11.7. The molecule has 0 N–H and O–H groups in total. The molecule has 1 aliphatic rings. The van der Waals surface area contributed by atoms with Crippen molar-refractivity contribution >= 4 is 41.0 Å². The highest BCUT2D eigenvalue weighted by Gasteiger charge is 2.40. The van der Waals surface area contributed by atoms with Gasteiger partial charge in [-0.05, 0) is 67.5 Å². The average molecular weight is 557 g/mol. The minimum Gasteiger partial charge on any atom is -0.487 e. The number of hydrogen-bond acceptors (Lipinski definition) is 5. The maximum Gasteiger partial charge on any atom is 0.373 e. The van der Waals surface area contributed by atoms with Gasteiger partial charge in [0.2, 0.25) is 0 Å². The highest BCUT2D eigenvalue weighted by molar-refractivity contribution is 6.39. The molecule has 0 spiro atoms. The summed E-state index contributed by atoms with van der Waals surface area (Å²) in [6.07, 6.45) is 1.37. The van der Waals surface area contributed by atoms with Gasteiger partial charge in [-0.3, -0.25) is 0 Å². The van der Waals surface area contributed by atoms with Crippen LogP contribution in [0.3, 0.4) is 0 Å². The second-order valence-corrected chi connectivity index (χ2v) is 10.2. The monoisotopic (exact) mass is 555 g/mol. The van der Waals surface area contributed by atoms with Gasteiger partial charge in [0.1, 0.15) is 23.7 Å². The molecule has 190 valence electrons. The highest BCUT2D eigenvalue weighted by Crippen LogP contribution is 2.56. The van der Waals surface area contributed by atoms with Crippen molar-refractivity contribution < 1.29 is 14.3 Å². The summed E-state index contributed by atoms with van der Waals surface area (Å²) in [5, 5.41) is 10.5. The Morgan fingerprint density at radius 3 is 2.24 bits per heavy atom. The summed E-state index contributed by atoms with van der Waals surface area (Å²) in [5.74, 6) is 1.67. The van der Waals surface area contributed by atoms with Crippen LogP contribution in [0, 0.1) is 0 Å². The number of hydrogen-bond donors (Lipinski definition) is 0. The van der Waals surface area contributed by atoms with Crippen LogP contribution in [0.2, 0.25) is 15.1 Å². The summed E-state index contributed by atoms with van der Waals surface area (Å²) in [5.41, 5.74) is 4.61. The molecular formula is C28H24Cl3N3O3. The fraction of sp³-hybridized carbons (Fsp3) is 0.250. The summed E-state index contributed by atoms with van der Waals surface area (Å²) in [6, 6.07) is 22.0. The SMILES string of the molecule is CC(C)n1nnc(-c2c(Cl)cccc2Cl)c1COc1ccc(C2CC2c2ccccc2)c(Cl)c1.O=C=O. The normalized spacial score (nSPS) is 16.1. The van der Waals surface area contributed by atoms with Gasteiger partial charge in [0.15, 0.2) is 0 Å². The zero-order valence-electron chi connectivity index (χ0n) is 20.2. The van der Waals surface area contributed by atoms with Crippen molar-refractivity contribution in [3.63, 3.8) is 0 Å². The van der Waals surface area contributed by atoms with E-state index in [0.717, 1.165) is 17.1 Å². The van der Waals surface area contributed by atoms with Crippen molar-refractivity contribution in [2.24, 2.45) is 0 Å². The average Bonchev–Trinajstić information content (AvgIpc) is 3.55. The smallest absolute Gasteiger partial charge is 0.373 e. The Morgan fingerprint density at radius 1 is 0.946 bits per heavy atom. The molecule has 4 aromatic rings. The molecule has 0 aliphatic heterocycles. The third-order valence-electron chi connectivity index (χ3n) is 6.24. The lowest BCUT2D eigenvalue weighted by Crippen LogP contribution is -2.11. The fourth-order valence-electron chi connectivity index (χ4n) is 4.44. The van der Waals surface area contributed by atoms with Gasteiger partial charge in [-0.1, -0.05) is 82.5 Å². The number of halogens is 3. The summed E-state index contributed by atoms with van der Waals surface area (Å²) < 4.78 is 7.99. The lowest BCUT2D eigenvalue weighted by atomic mass is 10.0. The van der Waals surface area contributed by atoms with Crippen molar-refractivity contribution in [2.45, 2.75) is 44.8 Å². The van der Waals surface area contributed by atoms with Crippen molar-refractivity contribution in [3.05, 3.63) is 98.6 Å². The molecule has 1 aliphatic carbocycles. The number of benzene rings is 3. The van der Waals surface area contributed by atoms with E-state index >= 15 is 0 Å². The second-order valence-electron chi connectivity index (χ2n) is 8.93. The van der Waals surface area contributed by atoms with Crippen LogP contribution in [-0.4, -0.2) is 21.1 Å². The van der Waals surface area contributed by atoms with Crippen molar-refractivity contribution in [1.82, 2.24) is 15.0 Å². The van der Waals surface area contributed by atoms with Gasteiger partial charge in [0, 0.05) is 16.6 Å². The molecule has 1 aromatic heterocycles. The maximum atomic E-state index is 8.12. The van der Waals surface area contributed by atoms with E-state index in [4.69, 9.17) is 49.1 Å². The van der Waals surface area contributed by atoms with Crippen molar-refractivity contribution in [1.29, 1.82) is 0 Å². The van der Waals surface area contributed by atoms with Crippen LogP contribution in [-0.2, 0) is 16.2 Å². The van der Waals surface area contributed by atoms with Crippen molar-refractivity contribution in [2.75, 3.05) is 0 Å². The highest BCUT2D eigenvalue weighted by atomic mass is 35.5. The molecule has 0 bridgehead atoms. The Bertz CT molecular complexity index is 1400. The largest absolute Gasteiger partial charge is 0.487 e. The molecule has 0 amide bonds. The molecular weight excluding hydrogens is 533 g/mol. The summed E-state index contributed by atoms with van der Waals surface area (Å²) in [4.78, 5) is 16.2. The first-order valence-corrected chi connectivity index (χ1v) is 12.8. The molecule has 37 heavy (non-hydrogen) atoms. The molecule has 1 fully saturated rings. The van der Waals surface area contributed by atoms with Crippen LogP contribution in [0.4, 0.5) is 0 Å². The Morgan fingerprint density at radius 2 is 1.62 bits per heavy atom. The topological polar surface area (TPSA) is 74.1 Å². The van der Waals surface area contributed by atoms with Gasteiger partial charge in [-0.15, -0.1) is 5.10 Å². The minimum atomic E-state index is 0.0943. The summed E-state index contributed by atoms with van der Waals surface area (Å²) >= 11 is 19.6. The molecule has 3 aromatic carbocycles. The number of aromatic nitrogens is 3. The Balaban J connectivity index is 0.00000102. The Kier molecular flexibility index (Phi) is 8.67. The van der Waals surface area contributed by atoms with Crippen molar-refractivity contribution in [3.8, 4) is 17.0 Å². The number of rotatable bonds is 7. The molecule has 2 unspecified atom stereocenters. The second kappa shape index (κ2) is 11.9.